The van der Waals surface area contributed by atoms with Gasteiger partial charge in [-0.05, 0) is 66.9 Å². The fourth-order valence-corrected chi connectivity index (χ4v) is 4.90. The lowest BCUT2D eigenvalue weighted by Crippen LogP contribution is -2.37. The van der Waals surface area contributed by atoms with Crippen LogP contribution in [0.3, 0.4) is 0 Å². The Morgan fingerprint density at radius 2 is 1.55 bits per heavy atom. The molecule has 3 aromatic carbocycles. The van der Waals surface area contributed by atoms with Crippen molar-refractivity contribution in [3.8, 4) is 0 Å². The van der Waals surface area contributed by atoms with Gasteiger partial charge in [-0.15, -0.1) is 0 Å². The van der Waals surface area contributed by atoms with Crippen LogP contribution in [0.1, 0.15) is 16.7 Å². The van der Waals surface area contributed by atoms with E-state index in [1.54, 1.807) is 36.4 Å². The molecule has 1 N–H and O–H groups in total. The molecule has 3 rings (SSSR count). The summed E-state index contributed by atoms with van der Waals surface area (Å²) in [7, 11) is -3.92. The van der Waals surface area contributed by atoms with E-state index in [1.807, 2.05) is 32.0 Å². The van der Waals surface area contributed by atoms with Crippen LogP contribution in [0.2, 0.25) is 5.02 Å². The summed E-state index contributed by atoms with van der Waals surface area (Å²) in [5, 5.41) is 3.42. The summed E-state index contributed by atoms with van der Waals surface area (Å²) in [5.41, 5.74) is 3.24. The molecule has 5 nitrogen and oxygen atoms in total. The Hall–Kier alpha value is -2.19. The zero-order chi connectivity index (χ0) is 22.6. The van der Waals surface area contributed by atoms with Gasteiger partial charge in [0, 0.05) is 21.7 Å². The van der Waals surface area contributed by atoms with E-state index in [2.05, 4.69) is 21.2 Å². The molecule has 0 aliphatic rings. The number of carbonyl (C=O) groups is 1. The average Bonchev–Trinajstić information content (AvgIpc) is 2.72. The molecular formula is C23H22BrClN2O3S. The number of sulfonamides is 1. The number of amides is 1. The van der Waals surface area contributed by atoms with Gasteiger partial charge in [0.25, 0.3) is 0 Å². The fraction of sp³-hybridized carbons (Fsp3) is 0.174. The Labute approximate surface area is 196 Å². The monoisotopic (exact) mass is 520 g/mol. The summed E-state index contributed by atoms with van der Waals surface area (Å²) >= 11 is 9.27. The van der Waals surface area contributed by atoms with E-state index < -0.39 is 15.9 Å². The molecule has 0 bridgehead atoms. The van der Waals surface area contributed by atoms with Crippen LogP contribution in [0.15, 0.2) is 76.1 Å². The van der Waals surface area contributed by atoms with Gasteiger partial charge in [-0.25, -0.2) is 8.42 Å². The number of hydrogen-bond donors (Lipinski definition) is 1. The molecule has 0 atom stereocenters. The third kappa shape index (κ3) is 5.95. The molecule has 0 aliphatic carbocycles. The number of nitrogens with zero attached hydrogens (tertiary/aromatic N) is 1. The van der Waals surface area contributed by atoms with E-state index >= 15 is 0 Å². The van der Waals surface area contributed by atoms with Crippen molar-refractivity contribution >= 4 is 49.1 Å². The van der Waals surface area contributed by atoms with Crippen molar-refractivity contribution in [2.75, 3.05) is 11.9 Å². The summed E-state index contributed by atoms with van der Waals surface area (Å²) in [6.07, 6.45) is 0. The molecule has 0 unspecified atom stereocenters. The van der Waals surface area contributed by atoms with Crippen molar-refractivity contribution in [1.82, 2.24) is 4.31 Å². The zero-order valence-electron chi connectivity index (χ0n) is 17.1. The van der Waals surface area contributed by atoms with E-state index in [-0.39, 0.29) is 18.0 Å². The molecule has 0 fully saturated rings. The summed E-state index contributed by atoms with van der Waals surface area (Å²) < 4.78 is 28.6. The second-order valence-electron chi connectivity index (χ2n) is 7.17. The van der Waals surface area contributed by atoms with Gasteiger partial charge in [0.05, 0.1) is 11.4 Å². The van der Waals surface area contributed by atoms with Crippen molar-refractivity contribution in [2.24, 2.45) is 0 Å². The fourth-order valence-electron chi connectivity index (χ4n) is 3.13. The predicted molar refractivity (Wildman–Crippen MR) is 128 cm³/mol. The molecule has 0 saturated heterocycles. The first-order chi connectivity index (χ1) is 14.7. The zero-order valence-corrected chi connectivity index (χ0v) is 20.3. The second kappa shape index (κ2) is 9.96. The molecule has 3 aromatic rings. The molecule has 31 heavy (non-hydrogen) atoms. The van der Waals surface area contributed by atoms with Crippen molar-refractivity contribution in [3.63, 3.8) is 0 Å². The normalized spacial score (nSPS) is 11.5. The third-order valence-corrected chi connectivity index (χ3v) is 7.38. The maximum absolute atomic E-state index is 13.3. The molecule has 8 heteroatoms. The van der Waals surface area contributed by atoms with Gasteiger partial charge in [0.2, 0.25) is 15.9 Å². The smallest absolute Gasteiger partial charge is 0.243 e. The molecule has 1 amide bonds. The third-order valence-electron chi connectivity index (χ3n) is 4.79. The highest BCUT2D eigenvalue weighted by molar-refractivity contribution is 9.10. The summed E-state index contributed by atoms with van der Waals surface area (Å²) in [6, 6.07) is 18.9. The van der Waals surface area contributed by atoms with Gasteiger partial charge < -0.3 is 5.32 Å². The first kappa shape index (κ1) is 23.5. The lowest BCUT2D eigenvalue weighted by molar-refractivity contribution is -0.116. The Morgan fingerprint density at radius 3 is 2.13 bits per heavy atom. The number of rotatable bonds is 7. The standard InChI is InChI=1S/C23H22BrClN2O3S/c1-16-4-3-5-17(2)23(16)26-22(28)15-27(14-18-6-10-20(25)11-7-18)31(29,30)21-12-8-19(24)9-13-21/h3-13H,14-15H2,1-2H3,(H,26,28). The number of aryl methyl sites for hydroxylation is 2. The van der Waals surface area contributed by atoms with Gasteiger partial charge in [0.15, 0.2) is 0 Å². The number of nitrogens with one attached hydrogen (secondary N) is 1. The Balaban J connectivity index is 1.90. The molecule has 0 aliphatic heterocycles. The summed E-state index contributed by atoms with van der Waals surface area (Å²) in [6.45, 7) is 3.50. The highest BCUT2D eigenvalue weighted by Crippen LogP contribution is 2.23. The van der Waals surface area contributed by atoms with Gasteiger partial charge in [-0.1, -0.05) is 57.9 Å². The van der Waals surface area contributed by atoms with E-state index in [1.165, 1.54) is 16.4 Å². The van der Waals surface area contributed by atoms with Gasteiger partial charge in [-0.2, -0.15) is 4.31 Å². The SMILES string of the molecule is Cc1cccc(C)c1NC(=O)CN(Cc1ccc(Cl)cc1)S(=O)(=O)c1ccc(Br)cc1. The topological polar surface area (TPSA) is 66.5 Å². The lowest BCUT2D eigenvalue weighted by atomic mass is 10.1. The van der Waals surface area contributed by atoms with Crippen LogP contribution < -0.4 is 5.32 Å². The number of carbonyl (C=O) groups excluding carboxylic acids is 1. The Kier molecular flexibility index (Phi) is 7.54. The highest BCUT2D eigenvalue weighted by atomic mass is 79.9. The predicted octanol–water partition coefficient (Wildman–Crippen LogP) is 5.55. The summed E-state index contributed by atoms with van der Waals surface area (Å²) in [4.78, 5) is 13.0. The van der Waals surface area contributed by atoms with Crippen molar-refractivity contribution < 1.29 is 13.2 Å². The van der Waals surface area contributed by atoms with Crippen LogP contribution in [-0.4, -0.2) is 25.2 Å². The van der Waals surface area contributed by atoms with Crippen LogP contribution in [0.5, 0.6) is 0 Å². The van der Waals surface area contributed by atoms with E-state index in [9.17, 15) is 13.2 Å². The Morgan fingerprint density at radius 1 is 0.968 bits per heavy atom. The number of halogens is 2. The number of anilines is 1. The summed E-state index contributed by atoms with van der Waals surface area (Å²) in [5.74, 6) is -0.410. The molecule has 0 aromatic heterocycles. The molecule has 0 heterocycles. The number of hydrogen-bond acceptors (Lipinski definition) is 3. The van der Waals surface area contributed by atoms with Crippen molar-refractivity contribution in [3.05, 3.63) is 92.9 Å². The highest BCUT2D eigenvalue weighted by Gasteiger charge is 2.27. The van der Waals surface area contributed by atoms with Crippen LogP contribution in [0.4, 0.5) is 5.69 Å². The first-order valence-electron chi connectivity index (χ1n) is 9.53. The minimum atomic E-state index is -3.92. The minimum absolute atomic E-state index is 0.0374. The number of para-hydroxylation sites is 1. The first-order valence-corrected chi connectivity index (χ1v) is 12.1. The molecule has 162 valence electrons. The molecule has 0 radical (unpaired) electrons. The van der Waals surface area contributed by atoms with Crippen LogP contribution in [0, 0.1) is 13.8 Å². The molecule has 0 spiro atoms. The quantitative estimate of drug-likeness (QED) is 0.443. The van der Waals surface area contributed by atoms with Crippen molar-refractivity contribution in [2.45, 2.75) is 25.3 Å². The Bertz CT molecular complexity index is 1160. The molecular weight excluding hydrogens is 500 g/mol. The second-order valence-corrected chi connectivity index (χ2v) is 10.5. The van der Waals surface area contributed by atoms with Gasteiger partial charge >= 0.3 is 0 Å². The lowest BCUT2D eigenvalue weighted by Gasteiger charge is -2.22. The van der Waals surface area contributed by atoms with E-state index in [0.717, 1.165) is 21.2 Å². The number of benzene rings is 3. The van der Waals surface area contributed by atoms with Crippen molar-refractivity contribution in [1.29, 1.82) is 0 Å². The molecule has 0 saturated carbocycles. The largest absolute Gasteiger partial charge is 0.324 e. The van der Waals surface area contributed by atoms with Gasteiger partial charge in [-0.3, -0.25) is 4.79 Å². The minimum Gasteiger partial charge on any atom is -0.324 e. The van der Waals surface area contributed by atoms with Crippen LogP contribution in [0.25, 0.3) is 0 Å². The maximum Gasteiger partial charge on any atom is 0.243 e. The van der Waals surface area contributed by atoms with Crippen LogP contribution >= 0.6 is 27.5 Å². The van der Waals surface area contributed by atoms with E-state index in [0.29, 0.717) is 10.7 Å². The van der Waals surface area contributed by atoms with Gasteiger partial charge in [0.1, 0.15) is 0 Å². The van der Waals surface area contributed by atoms with E-state index in [4.69, 9.17) is 11.6 Å². The average molecular weight is 522 g/mol. The maximum atomic E-state index is 13.3. The van der Waals surface area contributed by atoms with Crippen LogP contribution in [-0.2, 0) is 21.4 Å².